The average Bonchev–Trinajstić information content (AvgIpc) is 2.50. The van der Waals surface area contributed by atoms with Crippen molar-refractivity contribution in [3.05, 3.63) is 18.0 Å². The van der Waals surface area contributed by atoms with Crippen LogP contribution in [0, 0.1) is 5.92 Å². The maximum atomic E-state index is 8.78. The van der Waals surface area contributed by atoms with Gasteiger partial charge in [0.2, 0.25) is 0 Å². The Kier molecular flexibility index (Phi) is 4.16. The fraction of sp³-hybridized carbons (Fsp3) is 0.667. The van der Waals surface area contributed by atoms with Crippen LogP contribution in [0.4, 0.5) is 0 Å². The predicted octanol–water partition coefficient (Wildman–Crippen LogP) is 0.554. The van der Waals surface area contributed by atoms with E-state index in [1.54, 1.807) is 0 Å². The maximum absolute atomic E-state index is 8.78. The van der Waals surface area contributed by atoms with Crippen LogP contribution >= 0.6 is 0 Å². The molecule has 14 heavy (non-hydrogen) atoms. The van der Waals surface area contributed by atoms with Crippen LogP contribution < -0.4 is 0 Å². The molecule has 0 aliphatic heterocycles. The van der Waals surface area contributed by atoms with Gasteiger partial charge in [0.15, 0.2) is 0 Å². The first kappa shape index (κ1) is 11.3. The Morgan fingerprint density at radius 3 is 2.79 bits per heavy atom. The summed E-state index contributed by atoms with van der Waals surface area (Å²) in [4.78, 5) is 0. The molecule has 0 aliphatic carbocycles. The highest BCUT2D eigenvalue weighted by Gasteiger charge is 2.13. The number of aryl methyl sites for hydroxylation is 1. The molecule has 0 amide bonds. The summed E-state index contributed by atoms with van der Waals surface area (Å²) in [5.41, 5.74) is 1.07. The van der Waals surface area contributed by atoms with E-state index in [0.29, 0.717) is 6.32 Å². The summed E-state index contributed by atoms with van der Waals surface area (Å²) < 4.78 is 1.85. The molecule has 4 nitrogen and oxygen atoms in total. The van der Waals surface area contributed by atoms with Gasteiger partial charge in [-0.15, -0.1) is 0 Å². The lowest BCUT2D eigenvalue weighted by molar-refractivity contribution is 0.375. The van der Waals surface area contributed by atoms with Gasteiger partial charge >= 0.3 is 7.12 Å². The smallest absolute Gasteiger partial charge is 0.427 e. The highest BCUT2D eigenvalue weighted by Crippen LogP contribution is 2.07. The molecule has 0 aliphatic rings. The Balaban J connectivity index is 2.43. The number of hydrogen-bond donors (Lipinski definition) is 2. The lowest BCUT2D eigenvalue weighted by atomic mass is 9.79. The van der Waals surface area contributed by atoms with Crippen molar-refractivity contribution in [3.8, 4) is 0 Å². The summed E-state index contributed by atoms with van der Waals surface area (Å²) in [7, 11) is -1.22. The summed E-state index contributed by atoms with van der Waals surface area (Å²) >= 11 is 0. The Morgan fingerprint density at radius 1 is 1.57 bits per heavy atom. The molecule has 0 radical (unpaired) electrons. The molecule has 0 saturated carbocycles. The van der Waals surface area contributed by atoms with Crippen molar-refractivity contribution in [2.75, 3.05) is 0 Å². The zero-order valence-electron chi connectivity index (χ0n) is 8.72. The molecule has 1 unspecified atom stereocenters. The Morgan fingerprint density at radius 2 is 2.29 bits per heavy atom. The van der Waals surface area contributed by atoms with Crippen molar-refractivity contribution in [1.29, 1.82) is 0 Å². The van der Waals surface area contributed by atoms with Gasteiger partial charge in [-0.25, -0.2) is 0 Å². The van der Waals surface area contributed by atoms with Gasteiger partial charge in [0.25, 0.3) is 0 Å². The van der Waals surface area contributed by atoms with E-state index in [-0.39, 0.29) is 5.92 Å². The molecular formula is C9H17BN2O2. The molecule has 5 heteroatoms. The van der Waals surface area contributed by atoms with Crippen LogP contribution in [-0.2, 0) is 13.0 Å². The van der Waals surface area contributed by atoms with Crippen LogP contribution in [-0.4, -0.2) is 26.9 Å². The molecule has 78 valence electrons. The third-order valence-corrected chi connectivity index (χ3v) is 2.17. The van der Waals surface area contributed by atoms with Gasteiger partial charge in [0, 0.05) is 12.7 Å². The second-order valence-electron chi connectivity index (χ2n) is 3.70. The van der Waals surface area contributed by atoms with Gasteiger partial charge in [-0.3, -0.25) is 4.68 Å². The summed E-state index contributed by atoms with van der Waals surface area (Å²) in [6, 6.07) is 1.99. The average molecular weight is 196 g/mol. The monoisotopic (exact) mass is 196 g/mol. The number of hydrogen-bond acceptors (Lipinski definition) is 3. The van der Waals surface area contributed by atoms with E-state index >= 15 is 0 Å². The third kappa shape index (κ3) is 3.51. The number of aromatic nitrogens is 2. The van der Waals surface area contributed by atoms with Gasteiger partial charge in [0.05, 0.1) is 5.69 Å². The predicted molar refractivity (Wildman–Crippen MR) is 55.8 cm³/mol. The van der Waals surface area contributed by atoms with Crippen molar-refractivity contribution in [2.24, 2.45) is 5.92 Å². The molecular weight excluding hydrogens is 179 g/mol. The largest absolute Gasteiger partial charge is 0.451 e. The Bertz CT molecular complexity index is 276. The van der Waals surface area contributed by atoms with Crippen molar-refractivity contribution in [1.82, 2.24) is 9.78 Å². The molecule has 1 aromatic heterocycles. The summed E-state index contributed by atoms with van der Waals surface area (Å²) in [5.74, 6) is 0.222. The van der Waals surface area contributed by atoms with Crippen LogP contribution in [0.3, 0.4) is 0 Å². The SMILES string of the molecule is CCc1ccn(CC(C)CB(O)O)n1. The van der Waals surface area contributed by atoms with E-state index in [9.17, 15) is 0 Å². The van der Waals surface area contributed by atoms with E-state index in [2.05, 4.69) is 12.0 Å². The van der Waals surface area contributed by atoms with E-state index in [1.165, 1.54) is 0 Å². The molecule has 2 N–H and O–H groups in total. The molecule has 0 bridgehead atoms. The third-order valence-electron chi connectivity index (χ3n) is 2.17. The van der Waals surface area contributed by atoms with Crippen LogP contribution in [0.5, 0.6) is 0 Å². The van der Waals surface area contributed by atoms with Gasteiger partial charge in [-0.2, -0.15) is 5.10 Å². The molecule has 1 rings (SSSR count). The fourth-order valence-corrected chi connectivity index (χ4v) is 1.45. The quantitative estimate of drug-likeness (QED) is 0.676. The van der Waals surface area contributed by atoms with Gasteiger partial charge in [-0.05, 0) is 24.7 Å². The van der Waals surface area contributed by atoms with E-state index in [1.807, 2.05) is 23.9 Å². The minimum absolute atomic E-state index is 0.222. The van der Waals surface area contributed by atoms with Crippen LogP contribution in [0.2, 0.25) is 6.32 Å². The highest BCUT2D eigenvalue weighted by molar-refractivity contribution is 6.41. The molecule has 1 atom stereocenters. The van der Waals surface area contributed by atoms with E-state index in [4.69, 9.17) is 10.0 Å². The van der Waals surface area contributed by atoms with Gasteiger partial charge in [0.1, 0.15) is 0 Å². The van der Waals surface area contributed by atoms with Crippen molar-refractivity contribution < 1.29 is 10.0 Å². The van der Waals surface area contributed by atoms with Crippen molar-refractivity contribution in [3.63, 3.8) is 0 Å². The summed E-state index contributed by atoms with van der Waals surface area (Å²) in [6.45, 7) is 4.78. The maximum Gasteiger partial charge on any atom is 0.451 e. The second kappa shape index (κ2) is 5.17. The first-order chi connectivity index (χ1) is 6.61. The second-order valence-corrected chi connectivity index (χ2v) is 3.70. The van der Waals surface area contributed by atoms with Gasteiger partial charge in [-0.1, -0.05) is 13.8 Å². The summed E-state index contributed by atoms with van der Waals surface area (Å²) in [5, 5.41) is 21.9. The van der Waals surface area contributed by atoms with Crippen LogP contribution in [0.25, 0.3) is 0 Å². The zero-order valence-corrected chi connectivity index (χ0v) is 8.72. The first-order valence-corrected chi connectivity index (χ1v) is 5.00. The van der Waals surface area contributed by atoms with E-state index in [0.717, 1.165) is 18.7 Å². The van der Waals surface area contributed by atoms with Crippen molar-refractivity contribution in [2.45, 2.75) is 33.1 Å². The minimum atomic E-state index is -1.22. The molecule has 0 saturated heterocycles. The lowest BCUT2D eigenvalue weighted by Crippen LogP contribution is -2.18. The standard InChI is InChI=1S/C9H17BN2O2/c1-3-9-4-5-12(11-9)7-8(2)6-10(13)14/h4-5,8,13-14H,3,6-7H2,1-2H3. The zero-order chi connectivity index (χ0) is 10.6. The Hall–Kier alpha value is -0.805. The molecule has 1 aromatic rings. The van der Waals surface area contributed by atoms with Gasteiger partial charge < -0.3 is 10.0 Å². The highest BCUT2D eigenvalue weighted by atomic mass is 16.4. The first-order valence-electron chi connectivity index (χ1n) is 5.00. The molecule has 0 spiro atoms. The lowest BCUT2D eigenvalue weighted by Gasteiger charge is -2.10. The van der Waals surface area contributed by atoms with Crippen LogP contribution in [0.1, 0.15) is 19.5 Å². The fourth-order valence-electron chi connectivity index (χ4n) is 1.45. The summed E-state index contributed by atoms with van der Waals surface area (Å²) in [6.07, 6.45) is 3.25. The topological polar surface area (TPSA) is 58.3 Å². The number of nitrogens with zero attached hydrogens (tertiary/aromatic N) is 2. The van der Waals surface area contributed by atoms with E-state index < -0.39 is 7.12 Å². The minimum Gasteiger partial charge on any atom is -0.427 e. The normalized spacial score (nSPS) is 12.9. The molecule has 0 fully saturated rings. The van der Waals surface area contributed by atoms with Crippen molar-refractivity contribution >= 4 is 7.12 Å². The molecule has 0 aromatic carbocycles. The molecule has 1 heterocycles. The number of rotatable bonds is 5. The van der Waals surface area contributed by atoms with Crippen LogP contribution in [0.15, 0.2) is 12.3 Å². The Labute approximate surface area is 84.7 Å².